The van der Waals surface area contributed by atoms with E-state index >= 15 is 0 Å². The first-order valence-electron chi connectivity index (χ1n) is 5.51. The second kappa shape index (κ2) is 5.63. The van der Waals surface area contributed by atoms with Crippen molar-refractivity contribution in [1.29, 1.82) is 0 Å². The number of ether oxygens (including phenoxy) is 1. The van der Waals surface area contributed by atoms with Crippen molar-refractivity contribution in [3.8, 4) is 11.5 Å². The number of hydrogen-bond acceptors (Lipinski definition) is 3. The summed E-state index contributed by atoms with van der Waals surface area (Å²) < 4.78 is 32.4. The second-order valence-electron chi connectivity index (χ2n) is 4.01. The van der Waals surface area contributed by atoms with Crippen LogP contribution in [0.2, 0.25) is 0 Å². The van der Waals surface area contributed by atoms with E-state index in [2.05, 4.69) is 20.9 Å². The predicted octanol–water partition coefficient (Wildman–Crippen LogP) is 3.93. The van der Waals surface area contributed by atoms with Crippen molar-refractivity contribution in [2.24, 2.45) is 5.73 Å². The average Bonchev–Trinajstić information content (AvgIpc) is 2.36. The van der Waals surface area contributed by atoms with Crippen molar-refractivity contribution < 1.29 is 13.5 Å². The van der Waals surface area contributed by atoms with Crippen molar-refractivity contribution in [1.82, 2.24) is 4.98 Å². The van der Waals surface area contributed by atoms with E-state index in [4.69, 9.17) is 10.5 Å². The van der Waals surface area contributed by atoms with Gasteiger partial charge in [0.1, 0.15) is 5.75 Å². The van der Waals surface area contributed by atoms with Crippen LogP contribution in [0.4, 0.5) is 8.78 Å². The molecule has 1 aromatic carbocycles. The molecule has 0 fully saturated rings. The fourth-order valence-electron chi connectivity index (χ4n) is 1.46. The Kier molecular flexibility index (Phi) is 4.11. The van der Waals surface area contributed by atoms with Crippen LogP contribution in [0.5, 0.6) is 11.5 Å². The summed E-state index contributed by atoms with van der Waals surface area (Å²) in [6, 6.07) is 5.45. The summed E-state index contributed by atoms with van der Waals surface area (Å²) >= 11 is 3.07. The molecule has 2 rings (SSSR count). The van der Waals surface area contributed by atoms with Crippen LogP contribution in [0.1, 0.15) is 18.7 Å². The molecule has 3 nitrogen and oxygen atoms in total. The molecule has 0 saturated heterocycles. The molecule has 6 heteroatoms. The van der Waals surface area contributed by atoms with E-state index in [1.54, 1.807) is 19.1 Å². The fraction of sp³-hybridized carbons (Fsp3) is 0.154. The molecule has 1 heterocycles. The number of rotatable bonds is 3. The fourth-order valence-corrected chi connectivity index (χ4v) is 1.86. The lowest BCUT2D eigenvalue weighted by Crippen LogP contribution is -2.06. The lowest BCUT2D eigenvalue weighted by molar-refractivity contribution is 0.414. The molecule has 0 radical (unpaired) electrons. The molecule has 0 unspecified atom stereocenters. The number of pyridine rings is 1. The van der Waals surface area contributed by atoms with Crippen molar-refractivity contribution >= 4 is 15.9 Å². The van der Waals surface area contributed by atoms with Crippen LogP contribution in [0.15, 0.2) is 34.9 Å². The van der Waals surface area contributed by atoms with E-state index in [-0.39, 0.29) is 11.8 Å². The summed E-state index contributed by atoms with van der Waals surface area (Å²) in [5, 5.41) is 0. The third-order valence-electron chi connectivity index (χ3n) is 2.41. The average molecular weight is 329 g/mol. The van der Waals surface area contributed by atoms with Gasteiger partial charge in [-0.05, 0) is 31.2 Å². The summed E-state index contributed by atoms with van der Waals surface area (Å²) in [6.07, 6.45) is 1.41. The molecule has 0 spiro atoms. The third-order valence-corrected chi connectivity index (χ3v) is 2.87. The zero-order valence-corrected chi connectivity index (χ0v) is 11.6. The molecule has 19 heavy (non-hydrogen) atoms. The highest BCUT2D eigenvalue weighted by Gasteiger charge is 2.12. The predicted molar refractivity (Wildman–Crippen MR) is 71.0 cm³/mol. The Balaban J connectivity index is 2.26. The second-order valence-corrected chi connectivity index (χ2v) is 4.92. The van der Waals surface area contributed by atoms with Crippen LogP contribution in [-0.2, 0) is 0 Å². The normalized spacial score (nSPS) is 12.3. The Labute approximate surface area is 117 Å². The largest absolute Gasteiger partial charge is 0.453 e. The molecule has 2 aromatic rings. The van der Waals surface area contributed by atoms with Crippen LogP contribution in [0.3, 0.4) is 0 Å². The Hall–Kier alpha value is -1.53. The molecule has 100 valence electrons. The standard InChI is InChI=1S/C13H11BrF2N2O/c1-7(17)11-3-2-9(6-18-11)19-12-5-8(14)4-10(15)13(12)16/h2-7H,17H2,1H3/t7-/m0/s1. The maximum absolute atomic E-state index is 13.5. The van der Waals surface area contributed by atoms with Gasteiger partial charge in [0.05, 0.1) is 11.9 Å². The molecule has 2 N–H and O–H groups in total. The number of nitrogens with zero attached hydrogens (tertiary/aromatic N) is 1. The van der Waals surface area contributed by atoms with Gasteiger partial charge in [-0.15, -0.1) is 0 Å². The van der Waals surface area contributed by atoms with Gasteiger partial charge in [0.25, 0.3) is 0 Å². The van der Waals surface area contributed by atoms with Crippen LogP contribution in [0.25, 0.3) is 0 Å². The SMILES string of the molecule is C[C@H](N)c1ccc(Oc2cc(Br)cc(F)c2F)cn1. The van der Waals surface area contributed by atoms with E-state index in [9.17, 15) is 8.78 Å². The van der Waals surface area contributed by atoms with E-state index < -0.39 is 11.6 Å². The lowest BCUT2D eigenvalue weighted by Gasteiger charge is -2.09. The first kappa shape index (κ1) is 13.9. The minimum Gasteiger partial charge on any atom is -0.453 e. The smallest absolute Gasteiger partial charge is 0.201 e. The molecule has 0 saturated carbocycles. The van der Waals surface area contributed by atoms with Gasteiger partial charge in [0.2, 0.25) is 5.82 Å². The molecule has 0 bridgehead atoms. The quantitative estimate of drug-likeness (QED) is 0.868. The first-order valence-corrected chi connectivity index (χ1v) is 6.30. The van der Waals surface area contributed by atoms with Gasteiger partial charge in [-0.2, -0.15) is 4.39 Å². The molecule has 1 aromatic heterocycles. The van der Waals surface area contributed by atoms with Crippen LogP contribution >= 0.6 is 15.9 Å². The Morgan fingerprint density at radius 3 is 2.63 bits per heavy atom. The Morgan fingerprint density at radius 1 is 1.32 bits per heavy atom. The zero-order chi connectivity index (χ0) is 14.0. The highest BCUT2D eigenvalue weighted by atomic mass is 79.9. The van der Waals surface area contributed by atoms with Crippen LogP contribution < -0.4 is 10.5 Å². The molecule has 0 aliphatic rings. The maximum Gasteiger partial charge on any atom is 0.201 e. The molecule has 0 aliphatic carbocycles. The van der Waals surface area contributed by atoms with Crippen molar-refractivity contribution in [3.05, 3.63) is 52.3 Å². The Morgan fingerprint density at radius 2 is 2.05 bits per heavy atom. The minimum atomic E-state index is -1.04. The van der Waals surface area contributed by atoms with Gasteiger partial charge in [-0.25, -0.2) is 4.39 Å². The molecular formula is C13H11BrF2N2O. The highest BCUT2D eigenvalue weighted by molar-refractivity contribution is 9.10. The van der Waals surface area contributed by atoms with Crippen LogP contribution in [-0.4, -0.2) is 4.98 Å². The van der Waals surface area contributed by atoms with E-state index in [1.807, 2.05) is 0 Å². The number of benzene rings is 1. The highest BCUT2D eigenvalue weighted by Crippen LogP contribution is 2.29. The van der Waals surface area contributed by atoms with Crippen molar-refractivity contribution in [2.75, 3.05) is 0 Å². The third kappa shape index (κ3) is 3.27. The first-order chi connectivity index (χ1) is 8.97. The van der Waals surface area contributed by atoms with Crippen LogP contribution in [0, 0.1) is 11.6 Å². The summed E-state index contributed by atoms with van der Waals surface area (Å²) in [5.74, 6) is -1.92. The zero-order valence-electron chi connectivity index (χ0n) is 10.0. The van der Waals surface area contributed by atoms with E-state index in [0.29, 0.717) is 15.9 Å². The summed E-state index contributed by atoms with van der Waals surface area (Å²) in [5.41, 5.74) is 6.35. The molecule has 1 atom stereocenters. The topological polar surface area (TPSA) is 48.1 Å². The van der Waals surface area contributed by atoms with E-state index in [0.717, 1.165) is 6.07 Å². The maximum atomic E-state index is 13.5. The van der Waals surface area contributed by atoms with Crippen molar-refractivity contribution in [2.45, 2.75) is 13.0 Å². The molecular weight excluding hydrogens is 318 g/mol. The summed E-state index contributed by atoms with van der Waals surface area (Å²) in [4.78, 5) is 4.07. The summed E-state index contributed by atoms with van der Waals surface area (Å²) in [7, 11) is 0. The number of aromatic nitrogens is 1. The van der Waals surface area contributed by atoms with Crippen molar-refractivity contribution in [3.63, 3.8) is 0 Å². The van der Waals surface area contributed by atoms with Gasteiger partial charge >= 0.3 is 0 Å². The van der Waals surface area contributed by atoms with Gasteiger partial charge in [0, 0.05) is 10.5 Å². The number of nitrogens with two attached hydrogens (primary N) is 1. The monoisotopic (exact) mass is 328 g/mol. The summed E-state index contributed by atoms with van der Waals surface area (Å²) in [6.45, 7) is 1.80. The van der Waals surface area contributed by atoms with Gasteiger partial charge in [-0.1, -0.05) is 15.9 Å². The minimum absolute atomic E-state index is 0.200. The van der Waals surface area contributed by atoms with Gasteiger partial charge < -0.3 is 10.5 Å². The number of halogens is 3. The number of hydrogen-bond donors (Lipinski definition) is 1. The Bertz CT molecular complexity index is 588. The van der Waals surface area contributed by atoms with E-state index in [1.165, 1.54) is 12.3 Å². The lowest BCUT2D eigenvalue weighted by atomic mass is 10.2. The molecule has 0 amide bonds. The van der Waals surface area contributed by atoms with Gasteiger partial charge in [-0.3, -0.25) is 4.98 Å². The molecule has 0 aliphatic heterocycles. The van der Waals surface area contributed by atoms with Gasteiger partial charge in [0.15, 0.2) is 11.6 Å².